The van der Waals surface area contributed by atoms with Gasteiger partial charge in [-0.1, -0.05) is 30.3 Å². The minimum atomic E-state index is -1.67. The molecule has 2 atom stereocenters. The van der Waals surface area contributed by atoms with Crippen LogP contribution in [0.2, 0.25) is 0 Å². The van der Waals surface area contributed by atoms with E-state index in [4.69, 9.17) is 0 Å². The number of benzene rings is 1. The minimum absolute atomic E-state index is 0.180. The van der Waals surface area contributed by atoms with Crippen molar-refractivity contribution >= 4 is 5.91 Å². The van der Waals surface area contributed by atoms with Crippen molar-refractivity contribution in [3.8, 4) is 0 Å². The second-order valence-corrected chi connectivity index (χ2v) is 6.25. The van der Waals surface area contributed by atoms with Crippen LogP contribution in [0.25, 0.3) is 0 Å². The number of carbonyl (C=O) groups excluding carboxylic acids is 1. The van der Waals surface area contributed by atoms with Crippen LogP contribution in [0.3, 0.4) is 0 Å². The first-order valence-electron chi connectivity index (χ1n) is 7.27. The van der Waals surface area contributed by atoms with Crippen molar-refractivity contribution in [3.63, 3.8) is 0 Å². The van der Waals surface area contributed by atoms with E-state index in [0.29, 0.717) is 25.7 Å². The molecule has 1 aromatic carbocycles. The van der Waals surface area contributed by atoms with Gasteiger partial charge < -0.3 is 4.90 Å². The molecule has 2 aliphatic rings. The Morgan fingerprint density at radius 2 is 2.00 bits per heavy atom. The van der Waals surface area contributed by atoms with E-state index in [-0.39, 0.29) is 18.4 Å². The van der Waals surface area contributed by atoms with E-state index >= 15 is 4.39 Å². The molecule has 0 bridgehead atoms. The second-order valence-electron chi connectivity index (χ2n) is 6.25. The van der Waals surface area contributed by atoms with E-state index in [9.17, 15) is 4.79 Å². The first-order valence-corrected chi connectivity index (χ1v) is 7.27. The summed E-state index contributed by atoms with van der Waals surface area (Å²) in [7, 11) is 0. The highest BCUT2D eigenvalue weighted by atomic mass is 19.1. The number of nitrogens with zero attached hydrogens (tertiary/aromatic N) is 2. The molecule has 0 aliphatic carbocycles. The van der Waals surface area contributed by atoms with Crippen LogP contribution in [-0.2, 0) is 11.3 Å². The topological polar surface area (TPSA) is 23.6 Å². The van der Waals surface area contributed by atoms with Gasteiger partial charge in [-0.05, 0) is 19.4 Å². The van der Waals surface area contributed by atoms with Crippen molar-refractivity contribution in [1.29, 1.82) is 0 Å². The van der Waals surface area contributed by atoms with Gasteiger partial charge in [0, 0.05) is 38.1 Å². The summed E-state index contributed by atoms with van der Waals surface area (Å²) in [4.78, 5) is 16.2. The summed E-state index contributed by atoms with van der Waals surface area (Å²) in [5.41, 5.74) is -0.607. The van der Waals surface area contributed by atoms with Crippen LogP contribution in [0, 0.1) is 5.92 Å². The van der Waals surface area contributed by atoms with E-state index < -0.39 is 5.67 Å². The molecule has 1 aromatic rings. The van der Waals surface area contributed by atoms with Crippen LogP contribution in [0.1, 0.15) is 19.4 Å². The summed E-state index contributed by atoms with van der Waals surface area (Å²) in [6.07, 6.45) is 0. The van der Waals surface area contributed by atoms with E-state index in [1.165, 1.54) is 0 Å². The molecule has 108 valence electrons. The lowest BCUT2D eigenvalue weighted by Crippen LogP contribution is -2.42. The van der Waals surface area contributed by atoms with Crippen molar-refractivity contribution in [2.24, 2.45) is 5.92 Å². The van der Waals surface area contributed by atoms with Crippen LogP contribution in [-0.4, -0.2) is 47.1 Å². The summed E-state index contributed by atoms with van der Waals surface area (Å²) in [6.45, 7) is 6.09. The van der Waals surface area contributed by atoms with Gasteiger partial charge >= 0.3 is 0 Å². The summed E-state index contributed by atoms with van der Waals surface area (Å²) in [5, 5.41) is 0. The zero-order chi connectivity index (χ0) is 14.3. The summed E-state index contributed by atoms with van der Waals surface area (Å²) >= 11 is 0. The maximum Gasteiger partial charge on any atom is 0.262 e. The number of alkyl halides is 1. The van der Waals surface area contributed by atoms with Crippen molar-refractivity contribution in [2.45, 2.75) is 32.1 Å². The van der Waals surface area contributed by atoms with Crippen molar-refractivity contribution in [3.05, 3.63) is 35.9 Å². The number of amides is 1. The molecule has 3 rings (SSSR count). The van der Waals surface area contributed by atoms with Gasteiger partial charge in [0.15, 0.2) is 0 Å². The second kappa shape index (κ2) is 4.85. The molecule has 20 heavy (non-hydrogen) atoms. The number of halogens is 1. The molecule has 0 spiro atoms. The van der Waals surface area contributed by atoms with Crippen LogP contribution in [0.15, 0.2) is 30.3 Å². The molecule has 2 aliphatic heterocycles. The number of hydrogen-bond donors (Lipinski definition) is 0. The van der Waals surface area contributed by atoms with E-state index in [0.717, 1.165) is 5.56 Å². The molecule has 3 nitrogen and oxygen atoms in total. The van der Waals surface area contributed by atoms with Crippen LogP contribution in [0.4, 0.5) is 4.39 Å². The molecule has 0 N–H and O–H groups in total. The third-order valence-electron chi connectivity index (χ3n) is 4.57. The van der Waals surface area contributed by atoms with E-state index in [1.54, 1.807) is 4.90 Å². The van der Waals surface area contributed by atoms with Gasteiger partial charge in [-0.25, -0.2) is 4.39 Å². The smallest absolute Gasteiger partial charge is 0.262 e. The minimum Gasteiger partial charge on any atom is -0.335 e. The Morgan fingerprint density at radius 3 is 2.60 bits per heavy atom. The molecule has 2 heterocycles. The highest BCUT2D eigenvalue weighted by molar-refractivity contribution is 5.88. The maximum atomic E-state index is 15.0. The van der Waals surface area contributed by atoms with E-state index in [1.807, 2.05) is 30.3 Å². The predicted octanol–water partition coefficient (Wildman–Crippen LogP) is 2.08. The SMILES string of the molecule is CC(C)N1C[C@H]2CN(Cc3ccccc3)C(=O)[C@]2(F)C1. The number of carbonyl (C=O) groups is 1. The van der Waals surface area contributed by atoms with Crippen molar-refractivity contribution in [2.75, 3.05) is 19.6 Å². The Labute approximate surface area is 119 Å². The summed E-state index contributed by atoms with van der Waals surface area (Å²) in [6, 6.07) is 10.1. The lowest BCUT2D eigenvalue weighted by molar-refractivity contribution is -0.138. The third-order valence-corrected chi connectivity index (χ3v) is 4.57. The van der Waals surface area contributed by atoms with Gasteiger partial charge in [0.1, 0.15) is 0 Å². The first kappa shape index (κ1) is 13.6. The molecule has 0 saturated carbocycles. The van der Waals surface area contributed by atoms with Crippen LogP contribution in [0.5, 0.6) is 0 Å². The molecule has 0 radical (unpaired) electrons. The van der Waals surface area contributed by atoms with E-state index in [2.05, 4.69) is 18.7 Å². The Bertz CT molecular complexity index is 504. The monoisotopic (exact) mass is 276 g/mol. The van der Waals surface area contributed by atoms with Gasteiger partial charge in [0.25, 0.3) is 5.91 Å². The predicted molar refractivity (Wildman–Crippen MR) is 75.9 cm³/mol. The highest BCUT2D eigenvalue weighted by Gasteiger charge is 2.59. The fourth-order valence-electron chi connectivity index (χ4n) is 3.31. The summed E-state index contributed by atoms with van der Waals surface area (Å²) < 4.78 is 15.0. The Balaban J connectivity index is 1.73. The lowest BCUT2D eigenvalue weighted by Gasteiger charge is -2.25. The molecular formula is C16H21FN2O. The zero-order valence-corrected chi connectivity index (χ0v) is 12.1. The van der Waals surface area contributed by atoms with Gasteiger partial charge in [0.2, 0.25) is 5.67 Å². The number of hydrogen-bond acceptors (Lipinski definition) is 2. The van der Waals surface area contributed by atoms with Gasteiger partial charge in [-0.15, -0.1) is 0 Å². The van der Waals surface area contributed by atoms with Gasteiger partial charge in [-0.3, -0.25) is 9.69 Å². The Hall–Kier alpha value is -1.42. The number of fused-ring (bicyclic) bond motifs is 1. The fraction of sp³-hybridized carbons (Fsp3) is 0.562. The molecule has 4 heteroatoms. The highest BCUT2D eigenvalue weighted by Crippen LogP contribution is 2.40. The molecule has 1 amide bonds. The molecule has 0 unspecified atom stereocenters. The lowest BCUT2D eigenvalue weighted by atomic mass is 9.97. The standard InChI is InChI=1S/C16H21FN2O/c1-12(2)19-10-14-9-18(15(20)16(14,17)11-19)8-13-6-4-3-5-7-13/h3-7,12,14H,8-11H2,1-2H3/t14-,16+/m1/s1. The van der Waals surface area contributed by atoms with Crippen LogP contribution >= 0.6 is 0 Å². The van der Waals surface area contributed by atoms with Crippen LogP contribution < -0.4 is 0 Å². The summed E-state index contributed by atoms with van der Waals surface area (Å²) in [5.74, 6) is -0.504. The van der Waals surface area contributed by atoms with Gasteiger partial charge in [0.05, 0.1) is 0 Å². The first-order chi connectivity index (χ1) is 9.50. The average Bonchev–Trinajstić information content (AvgIpc) is 2.86. The Morgan fingerprint density at radius 1 is 1.30 bits per heavy atom. The number of likely N-dealkylation sites (tertiary alicyclic amines) is 2. The maximum absolute atomic E-state index is 15.0. The fourth-order valence-corrected chi connectivity index (χ4v) is 3.31. The quantitative estimate of drug-likeness (QED) is 0.844. The molecule has 2 fully saturated rings. The largest absolute Gasteiger partial charge is 0.335 e. The molecule has 2 saturated heterocycles. The molecule has 0 aromatic heterocycles. The average molecular weight is 276 g/mol. The normalized spacial score (nSPS) is 30.3. The van der Waals surface area contributed by atoms with Crippen molar-refractivity contribution in [1.82, 2.24) is 9.80 Å². The molecular weight excluding hydrogens is 255 g/mol. The van der Waals surface area contributed by atoms with Gasteiger partial charge in [-0.2, -0.15) is 0 Å². The number of rotatable bonds is 3. The Kier molecular flexibility index (Phi) is 3.28. The van der Waals surface area contributed by atoms with Crippen molar-refractivity contribution < 1.29 is 9.18 Å². The zero-order valence-electron chi connectivity index (χ0n) is 12.1. The third kappa shape index (κ3) is 2.12.